The first-order chi connectivity index (χ1) is 7.08. The molecule has 1 aromatic rings. The van der Waals surface area contributed by atoms with Gasteiger partial charge in [-0.25, -0.2) is 0 Å². The molecule has 1 rings (SSSR count). The Kier molecular flexibility index (Phi) is 4.57. The lowest BCUT2D eigenvalue weighted by Gasteiger charge is -2.04. The molecule has 0 saturated carbocycles. The molecule has 0 radical (unpaired) electrons. The molecular formula is C14H20O. The van der Waals surface area contributed by atoms with Gasteiger partial charge in [-0.3, -0.25) is 0 Å². The lowest BCUT2D eigenvalue weighted by atomic mass is 10.0. The van der Waals surface area contributed by atoms with Crippen molar-refractivity contribution in [2.75, 3.05) is 0 Å². The second-order valence-electron chi connectivity index (χ2n) is 4.44. The molecule has 0 spiro atoms. The van der Waals surface area contributed by atoms with Crippen LogP contribution in [0, 0.1) is 5.92 Å². The Bertz CT molecular complexity index is 307. The molecule has 1 nitrogen and oxygen atoms in total. The maximum absolute atomic E-state index is 9.10. The van der Waals surface area contributed by atoms with E-state index < -0.39 is 0 Å². The molecule has 0 aliphatic heterocycles. The summed E-state index contributed by atoms with van der Waals surface area (Å²) in [7, 11) is 0. The van der Waals surface area contributed by atoms with Gasteiger partial charge in [0.25, 0.3) is 0 Å². The Morgan fingerprint density at radius 2 is 1.73 bits per heavy atom. The Balaban J connectivity index is 2.64. The summed E-state index contributed by atoms with van der Waals surface area (Å²) in [5.41, 5.74) is 2.52. The van der Waals surface area contributed by atoms with E-state index >= 15 is 0 Å². The van der Waals surface area contributed by atoms with Crippen LogP contribution in [-0.2, 0) is 6.42 Å². The maximum Gasteiger partial charge on any atom is 0.0696 e. The Labute approximate surface area is 92.5 Å². The van der Waals surface area contributed by atoms with Crippen molar-refractivity contribution in [2.24, 2.45) is 5.92 Å². The highest BCUT2D eigenvalue weighted by Crippen LogP contribution is 2.10. The van der Waals surface area contributed by atoms with Crippen molar-refractivity contribution in [3.05, 3.63) is 41.5 Å². The van der Waals surface area contributed by atoms with Gasteiger partial charge >= 0.3 is 0 Å². The normalized spacial score (nSPS) is 13.7. The van der Waals surface area contributed by atoms with Gasteiger partial charge in [0.2, 0.25) is 0 Å². The third-order valence-electron chi connectivity index (χ3n) is 2.19. The molecule has 1 atom stereocenters. The fourth-order valence-electron chi connectivity index (χ4n) is 1.49. The smallest absolute Gasteiger partial charge is 0.0696 e. The minimum absolute atomic E-state index is 0.375. The van der Waals surface area contributed by atoms with Crippen LogP contribution in [0.5, 0.6) is 0 Å². The van der Waals surface area contributed by atoms with Gasteiger partial charge in [-0.05, 0) is 30.4 Å². The Morgan fingerprint density at radius 1 is 1.13 bits per heavy atom. The Hall–Kier alpha value is -1.08. The zero-order valence-electron chi connectivity index (χ0n) is 9.77. The SMILES string of the molecule is CC(O)/C=C/c1ccc(CC(C)C)cc1. The van der Waals surface area contributed by atoms with E-state index in [2.05, 4.69) is 38.1 Å². The quantitative estimate of drug-likeness (QED) is 0.798. The first kappa shape index (κ1) is 12.0. The van der Waals surface area contributed by atoms with Crippen LogP contribution in [0.1, 0.15) is 31.9 Å². The molecule has 0 aliphatic carbocycles. The third-order valence-corrected chi connectivity index (χ3v) is 2.19. The molecule has 0 fully saturated rings. The van der Waals surface area contributed by atoms with E-state index in [4.69, 9.17) is 5.11 Å². The number of hydrogen-bond acceptors (Lipinski definition) is 1. The minimum atomic E-state index is -0.375. The molecule has 1 heteroatoms. The van der Waals surface area contributed by atoms with Crippen LogP contribution in [0.2, 0.25) is 0 Å². The van der Waals surface area contributed by atoms with Crippen LogP contribution in [0.15, 0.2) is 30.3 Å². The fourth-order valence-corrected chi connectivity index (χ4v) is 1.49. The first-order valence-corrected chi connectivity index (χ1v) is 5.53. The number of benzene rings is 1. The van der Waals surface area contributed by atoms with Crippen molar-refractivity contribution in [3.63, 3.8) is 0 Å². The van der Waals surface area contributed by atoms with Crippen LogP contribution < -0.4 is 0 Å². The van der Waals surface area contributed by atoms with E-state index in [0.717, 1.165) is 12.0 Å². The van der Waals surface area contributed by atoms with Crippen LogP contribution in [0.4, 0.5) is 0 Å². The summed E-state index contributed by atoms with van der Waals surface area (Å²) in [4.78, 5) is 0. The van der Waals surface area contributed by atoms with E-state index in [1.807, 2.05) is 6.08 Å². The fraction of sp³-hybridized carbons (Fsp3) is 0.429. The van der Waals surface area contributed by atoms with Crippen molar-refractivity contribution in [1.82, 2.24) is 0 Å². The number of rotatable bonds is 4. The largest absolute Gasteiger partial charge is 0.389 e. The molecule has 0 aliphatic rings. The van der Waals surface area contributed by atoms with Gasteiger partial charge in [0.05, 0.1) is 6.10 Å². The van der Waals surface area contributed by atoms with E-state index in [1.165, 1.54) is 5.56 Å². The summed E-state index contributed by atoms with van der Waals surface area (Å²) < 4.78 is 0. The summed E-state index contributed by atoms with van der Waals surface area (Å²) in [6.07, 6.45) is 4.49. The summed E-state index contributed by atoms with van der Waals surface area (Å²) in [6.45, 7) is 6.20. The molecule has 0 amide bonds. The van der Waals surface area contributed by atoms with Gasteiger partial charge in [-0.1, -0.05) is 50.3 Å². The lowest BCUT2D eigenvalue weighted by molar-refractivity contribution is 0.245. The van der Waals surface area contributed by atoms with Crippen LogP contribution in [-0.4, -0.2) is 11.2 Å². The van der Waals surface area contributed by atoms with Gasteiger partial charge in [-0.15, -0.1) is 0 Å². The van der Waals surface area contributed by atoms with Crippen molar-refractivity contribution >= 4 is 6.08 Å². The van der Waals surface area contributed by atoms with Gasteiger partial charge in [-0.2, -0.15) is 0 Å². The molecule has 0 bridgehead atoms. The van der Waals surface area contributed by atoms with Crippen molar-refractivity contribution < 1.29 is 5.11 Å². The van der Waals surface area contributed by atoms with Crippen LogP contribution >= 0.6 is 0 Å². The van der Waals surface area contributed by atoms with Gasteiger partial charge in [0.1, 0.15) is 0 Å². The minimum Gasteiger partial charge on any atom is -0.389 e. The Morgan fingerprint density at radius 3 is 2.20 bits per heavy atom. The highest BCUT2D eigenvalue weighted by atomic mass is 16.3. The zero-order chi connectivity index (χ0) is 11.3. The average Bonchev–Trinajstić information content (AvgIpc) is 2.16. The van der Waals surface area contributed by atoms with Crippen LogP contribution in [0.25, 0.3) is 6.08 Å². The predicted molar refractivity (Wildman–Crippen MR) is 65.7 cm³/mol. The number of aliphatic hydroxyl groups excluding tert-OH is 1. The first-order valence-electron chi connectivity index (χ1n) is 5.53. The standard InChI is InChI=1S/C14H20O/c1-11(2)10-14-8-6-13(7-9-14)5-4-12(3)15/h4-9,11-12,15H,10H2,1-3H3/b5-4+. The molecule has 0 heterocycles. The summed E-state index contributed by atoms with van der Waals surface area (Å²) in [5.74, 6) is 0.698. The highest BCUT2D eigenvalue weighted by Gasteiger charge is 1.96. The third kappa shape index (κ3) is 4.80. The zero-order valence-corrected chi connectivity index (χ0v) is 9.77. The van der Waals surface area contributed by atoms with Crippen LogP contribution in [0.3, 0.4) is 0 Å². The topological polar surface area (TPSA) is 20.2 Å². The molecule has 0 aromatic heterocycles. The molecule has 0 saturated heterocycles. The highest BCUT2D eigenvalue weighted by molar-refractivity contribution is 5.50. The van der Waals surface area contributed by atoms with E-state index in [0.29, 0.717) is 5.92 Å². The monoisotopic (exact) mass is 204 g/mol. The summed E-state index contributed by atoms with van der Waals surface area (Å²) in [5, 5.41) is 9.10. The summed E-state index contributed by atoms with van der Waals surface area (Å²) in [6, 6.07) is 8.50. The molecule has 82 valence electrons. The van der Waals surface area contributed by atoms with Crippen molar-refractivity contribution in [3.8, 4) is 0 Å². The molecule has 1 unspecified atom stereocenters. The van der Waals surface area contributed by atoms with Gasteiger partial charge in [0, 0.05) is 0 Å². The van der Waals surface area contributed by atoms with E-state index in [1.54, 1.807) is 13.0 Å². The molecule has 1 N–H and O–H groups in total. The molecule has 1 aromatic carbocycles. The van der Waals surface area contributed by atoms with Gasteiger partial charge in [0.15, 0.2) is 0 Å². The summed E-state index contributed by atoms with van der Waals surface area (Å²) >= 11 is 0. The number of aliphatic hydroxyl groups is 1. The van der Waals surface area contributed by atoms with Crippen molar-refractivity contribution in [2.45, 2.75) is 33.3 Å². The lowest BCUT2D eigenvalue weighted by Crippen LogP contribution is -1.94. The predicted octanol–water partition coefficient (Wildman–Crippen LogP) is 3.28. The maximum atomic E-state index is 9.10. The second-order valence-corrected chi connectivity index (χ2v) is 4.44. The average molecular weight is 204 g/mol. The molecule has 15 heavy (non-hydrogen) atoms. The molecular weight excluding hydrogens is 184 g/mol. The number of hydrogen-bond donors (Lipinski definition) is 1. The van der Waals surface area contributed by atoms with E-state index in [9.17, 15) is 0 Å². The van der Waals surface area contributed by atoms with Crippen molar-refractivity contribution in [1.29, 1.82) is 0 Å². The second kappa shape index (κ2) is 5.72. The van der Waals surface area contributed by atoms with Gasteiger partial charge < -0.3 is 5.11 Å². The van der Waals surface area contributed by atoms with E-state index in [-0.39, 0.29) is 6.10 Å².